The minimum Gasteiger partial charge on any atom is -0.493 e. The summed E-state index contributed by atoms with van der Waals surface area (Å²) in [5.41, 5.74) is 3.30. The topological polar surface area (TPSA) is 60.5 Å². The fourth-order valence-electron chi connectivity index (χ4n) is 2.17. The Labute approximate surface area is 158 Å². The van der Waals surface area contributed by atoms with Crippen molar-refractivity contribution in [3.05, 3.63) is 69.4 Å². The quantitative estimate of drug-likeness (QED) is 0.656. The van der Waals surface area contributed by atoms with Gasteiger partial charge in [0.15, 0.2) is 11.5 Å². The number of carbonyl (C=O) groups excluding carboxylic acids is 1. The maximum Gasteiger partial charge on any atom is 0.255 e. The summed E-state index contributed by atoms with van der Waals surface area (Å²) in [4.78, 5) is 16.5. The van der Waals surface area contributed by atoms with Crippen LogP contribution in [-0.4, -0.2) is 18.0 Å². The predicted molar refractivity (Wildman–Crippen MR) is 98.8 cm³/mol. The number of rotatable bonds is 6. The summed E-state index contributed by atoms with van der Waals surface area (Å²) in [5.74, 6) is -0.00290. The number of benzene rings is 2. The third-order valence-electron chi connectivity index (χ3n) is 3.46. The molecule has 1 amide bonds. The number of hydrogen-bond acceptors (Lipinski definition) is 5. The van der Waals surface area contributed by atoms with E-state index < -0.39 is 5.82 Å². The molecule has 0 fully saturated rings. The maximum absolute atomic E-state index is 13.2. The highest BCUT2D eigenvalue weighted by Gasteiger charge is 2.13. The molecular formula is C18H14ClFN2O3S. The fourth-order valence-corrected chi connectivity index (χ4v) is 2.89. The Balaban J connectivity index is 1.73. The number of nitrogens with one attached hydrogen (secondary N) is 1. The Morgan fingerprint density at radius 2 is 2.12 bits per heavy atom. The van der Waals surface area contributed by atoms with Gasteiger partial charge < -0.3 is 14.8 Å². The number of thiazole rings is 1. The molecule has 2 aromatic carbocycles. The van der Waals surface area contributed by atoms with E-state index in [1.54, 1.807) is 23.7 Å². The Morgan fingerprint density at radius 1 is 1.27 bits per heavy atom. The third-order valence-corrected chi connectivity index (χ3v) is 4.39. The molecule has 1 aromatic heterocycles. The van der Waals surface area contributed by atoms with Crippen molar-refractivity contribution < 1.29 is 18.7 Å². The Bertz CT molecular complexity index is 919. The van der Waals surface area contributed by atoms with E-state index in [-0.39, 0.29) is 10.9 Å². The van der Waals surface area contributed by atoms with E-state index in [0.717, 1.165) is 5.69 Å². The first-order chi connectivity index (χ1) is 12.6. The molecule has 5 nitrogen and oxygen atoms in total. The van der Waals surface area contributed by atoms with E-state index >= 15 is 0 Å². The number of anilines is 1. The van der Waals surface area contributed by atoms with E-state index in [2.05, 4.69) is 10.3 Å². The number of hydrogen-bond donors (Lipinski definition) is 1. The van der Waals surface area contributed by atoms with Crippen LogP contribution in [0.1, 0.15) is 16.1 Å². The van der Waals surface area contributed by atoms with Gasteiger partial charge in [-0.05, 0) is 36.4 Å². The fraction of sp³-hybridized carbons (Fsp3) is 0.111. The van der Waals surface area contributed by atoms with Crippen molar-refractivity contribution in [3.63, 3.8) is 0 Å². The van der Waals surface area contributed by atoms with Gasteiger partial charge in [0, 0.05) is 16.6 Å². The molecule has 0 atom stereocenters. The van der Waals surface area contributed by atoms with Gasteiger partial charge in [0.2, 0.25) is 0 Å². The lowest BCUT2D eigenvalue weighted by Gasteiger charge is -2.12. The molecule has 8 heteroatoms. The average molecular weight is 393 g/mol. The molecule has 134 valence electrons. The molecule has 0 radical (unpaired) electrons. The van der Waals surface area contributed by atoms with E-state index in [1.807, 2.05) is 5.38 Å². The summed E-state index contributed by atoms with van der Waals surface area (Å²) in [6.45, 7) is 0.305. The molecule has 0 spiro atoms. The van der Waals surface area contributed by atoms with Crippen LogP contribution < -0.4 is 14.8 Å². The zero-order chi connectivity index (χ0) is 18.5. The second kappa shape index (κ2) is 8.16. The minimum atomic E-state index is -0.548. The molecule has 0 unspecified atom stereocenters. The minimum absolute atomic E-state index is 0.0637. The van der Waals surface area contributed by atoms with E-state index in [0.29, 0.717) is 29.4 Å². The predicted octanol–water partition coefficient (Wildman–Crippen LogP) is 4.78. The molecule has 1 heterocycles. The molecule has 0 saturated carbocycles. The summed E-state index contributed by atoms with van der Waals surface area (Å²) >= 11 is 7.21. The van der Waals surface area contributed by atoms with Crippen LogP contribution in [0, 0.1) is 5.82 Å². The van der Waals surface area contributed by atoms with Gasteiger partial charge in [0.05, 0.1) is 23.3 Å². The summed E-state index contributed by atoms with van der Waals surface area (Å²) in [5, 5.41) is 4.48. The zero-order valence-corrected chi connectivity index (χ0v) is 15.2. The first-order valence-electron chi connectivity index (χ1n) is 7.51. The molecule has 0 saturated heterocycles. The van der Waals surface area contributed by atoms with Crippen LogP contribution in [0.4, 0.5) is 10.1 Å². The lowest BCUT2D eigenvalue weighted by atomic mass is 10.2. The molecular weight excluding hydrogens is 379 g/mol. The number of ether oxygens (including phenoxy) is 2. The molecule has 0 bridgehead atoms. The molecule has 1 N–H and O–H groups in total. The Hall–Kier alpha value is -2.64. The number of aromatic nitrogens is 1. The summed E-state index contributed by atoms with van der Waals surface area (Å²) in [7, 11) is 1.49. The van der Waals surface area contributed by atoms with Crippen LogP contribution in [0.3, 0.4) is 0 Å². The van der Waals surface area contributed by atoms with Crippen molar-refractivity contribution in [2.75, 3.05) is 12.4 Å². The van der Waals surface area contributed by atoms with Crippen molar-refractivity contribution in [2.45, 2.75) is 6.61 Å². The van der Waals surface area contributed by atoms with Crippen molar-refractivity contribution >= 4 is 34.5 Å². The van der Waals surface area contributed by atoms with Gasteiger partial charge in [-0.1, -0.05) is 11.6 Å². The highest BCUT2D eigenvalue weighted by atomic mass is 35.5. The van der Waals surface area contributed by atoms with Crippen molar-refractivity contribution in [3.8, 4) is 11.5 Å². The van der Waals surface area contributed by atoms with Crippen molar-refractivity contribution in [1.29, 1.82) is 0 Å². The van der Waals surface area contributed by atoms with Crippen LogP contribution in [0.2, 0.25) is 5.02 Å². The smallest absolute Gasteiger partial charge is 0.255 e. The van der Waals surface area contributed by atoms with Gasteiger partial charge >= 0.3 is 0 Å². The summed E-state index contributed by atoms with van der Waals surface area (Å²) < 4.78 is 24.2. The SMILES string of the molecule is COc1cc(C(=O)Nc2ccc(F)c(Cl)c2)ccc1OCc1cscn1. The lowest BCUT2D eigenvalue weighted by Crippen LogP contribution is -2.12. The van der Waals surface area contributed by atoms with Crippen molar-refractivity contribution in [2.24, 2.45) is 0 Å². The summed E-state index contributed by atoms with van der Waals surface area (Å²) in [6.07, 6.45) is 0. The van der Waals surface area contributed by atoms with Crippen LogP contribution in [0.15, 0.2) is 47.3 Å². The first-order valence-corrected chi connectivity index (χ1v) is 8.83. The maximum atomic E-state index is 13.2. The van der Waals surface area contributed by atoms with E-state index in [4.69, 9.17) is 21.1 Å². The van der Waals surface area contributed by atoms with Crippen LogP contribution in [-0.2, 0) is 6.61 Å². The molecule has 0 aliphatic heterocycles. The number of nitrogens with zero attached hydrogens (tertiary/aromatic N) is 1. The third kappa shape index (κ3) is 4.30. The Morgan fingerprint density at radius 3 is 2.81 bits per heavy atom. The van der Waals surface area contributed by atoms with Gasteiger partial charge in [0.1, 0.15) is 12.4 Å². The average Bonchev–Trinajstić information content (AvgIpc) is 3.16. The standard InChI is InChI=1S/C18H14ClFN2O3S/c1-24-17-6-11(2-5-16(17)25-8-13-9-26-10-21-13)18(23)22-12-3-4-15(20)14(19)7-12/h2-7,9-10H,8H2,1H3,(H,22,23). The van der Waals surface area contributed by atoms with E-state index in [9.17, 15) is 9.18 Å². The zero-order valence-electron chi connectivity index (χ0n) is 13.7. The summed E-state index contributed by atoms with van der Waals surface area (Å²) in [6, 6.07) is 8.79. The van der Waals surface area contributed by atoms with Gasteiger partial charge in [0.25, 0.3) is 5.91 Å². The molecule has 3 rings (SSSR count). The molecule has 26 heavy (non-hydrogen) atoms. The van der Waals surface area contributed by atoms with Crippen LogP contribution >= 0.6 is 22.9 Å². The monoisotopic (exact) mass is 392 g/mol. The van der Waals surface area contributed by atoms with Crippen LogP contribution in [0.25, 0.3) is 0 Å². The van der Waals surface area contributed by atoms with Gasteiger partial charge in [-0.2, -0.15) is 0 Å². The van der Waals surface area contributed by atoms with Crippen LogP contribution in [0.5, 0.6) is 11.5 Å². The van der Waals surface area contributed by atoms with Gasteiger partial charge in [-0.15, -0.1) is 11.3 Å². The number of methoxy groups -OCH3 is 1. The van der Waals surface area contributed by atoms with Gasteiger partial charge in [-0.3, -0.25) is 4.79 Å². The van der Waals surface area contributed by atoms with Crippen molar-refractivity contribution in [1.82, 2.24) is 4.98 Å². The molecule has 3 aromatic rings. The number of carbonyl (C=O) groups is 1. The first kappa shape index (κ1) is 18.2. The highest BCUT2D eigenvalue weighted by Crippen LogP contribution is 2.29. The number of halogens is 2. The lowest BCUT2D eigenvalue weighted by molar-refractivity contribution is 0.102. The number of amides is 1. The molecule has 0 aliphatic carbocycles. The normalized spacial score (nSPS) is 10.4. The van der Waals surface area contributed by atoms with Gasteiger partial charge in [-0.25, -0.2) is 9.37 Å². The van der Waals surface area contributed by atoms with E-state index in [1.165, 1.54) is 36.6 Å². The largest absolute Gasteiger partial charge is 0.493 e. The highest BCUT2D eigenvalue weighted by molar-refractivity contribution is 7.07. The Kier molecular flexibility index (Phi) is 5.70. The molecule has 0 aliphatic rings. The second-order valence-corrected chi connectivity index (χ2v) is 6.34. The second-order valence-electron chi connectivity index (χ2n) is 5.22.